The number of para-hydroxylation sites is 4. The Labute approximate surface area is 278 Å². The van der Waals surface area contributed by atoms with Crippen LogP contribution in [-0.2, 0) is 4.57 Å². The molecule has 9 aromatic rings. The van der Waals surface area contributed by atoms with Crippen molar-refractivity contribution in [2.24, 2.45) is 0 Å². The molecule has 0 N–H and O–H groups in total. The average molecular weight is 636 g/mol. The Balaban J connectivity index is 1.22. The molecular formula is C43H30N3OP. The third kappa shape index (κ3) is 4.45. The molecule has 0 unspecified atom stereocenters. The van der Waals surface area contributed by atoms with Crippen molar-refractivity contribution >= 4 is 55.9 Å². The summed E-state index contributed by atoms with van der Waals surface area (Å²) in [5.41, 5.74) is 7.37. The summed E-state index contributed by atoms with van der Waals surface area (Å²) in [5.74, 6) is 0.858. The largest absolute Gasteiger partial charge is 0.309 e. The Morgan fingerprint density at radius 1 is 0.417 bits per heavy atom. The fourth-order valence-corrected chi connectivity index (χ4v) is 9.63. The Bertz CT molecular complexity index is 2580. The monoisotopic (exact) mass is 635 g/mol. The molecule has 0 atom stereocenters. The predicted octanol–water partition coefficient (Wildman–Crippen LogP) is 9.43. The lowest BCUT2D eigenvalue weighted by atomic mass is 10.1. The van der Waals surface area contributed by atoms with Crippen molar-refractivity contribution in [2.75, 3.05) is 0 Å². The van der Waals surface area contributed by atoms with E-state index in [1.165, 1.54) is 16.3 Å². The fourth-order valence-electron chi connectivity index (χ4n) is 6.98. The van der Waals surface area contributed by atoms with Crippen LogP contribution in [0.1, 0.15) is 0 Å². The van der Waals surface area contributed by atoms with Crippen molar-refractivity contribution in [2.45, 2.75) is 0 Å². The number of fused-ring (bicyclic) bond motifs is 4. The SMILES string of the molecule is O=P(c1ccccc1)(c1ccccc1)c1ccc(-n2c(-c3ccc4c(c3)c3ccccc3n4-c3ccccc3)nc3ccccc32)cc1. The van der Waals surface area contributed by atoms with Crippen molar-refractivity contribution in [1.29, 1.82) is 0 Å². The van der Waals surface area contributed by atoms with Gasteiger partial charge in [-0.15, -0.1) is 0 Å². The second kappa shape index (κ2) is 11.4. The summed E-state index contributed by atoms with van der Waals surface area (Å²) in [6.07, 6.45) is 0. The molecule has 0 saturated heterocycles. The van der Waals surface area contributed by atoms with Crippen molar-refractivity contribution in [3.8, 4) is 22.8 Å². The maximum absolute atomic E-state index is 15.0. The molecule has 0 radical (unpaired) electrons. The molecule has 48 heavy (non-hydrogen) atoms. The first-order valence-electron chi connectivity index (χ1n) is 16.1. The molecule has 2 heterocycles. The highest BCUT2D eigenvalue weighted by Gasteiger charge is 2.29. The third-order valence-electron chi connectivity index (χ3n) is 9.22. The van der Waals surface area contributed by atoms with Gasteiger partial charge in [-0.1, -0.05) is 109 Å². The number of imidazole rings is 1. The van der Waals surface area contributed by atoms with E-state index in [0.717, 1.165) is 55.2 Å². The summed E-state index contributed by atoms with van der Waals surface area (Å²) in [6, 6.07) is 61.8. The fraction of sp³-hybridized carbons (Fsp3) is 0. The summed E-state index contributed by atoms with van der Waals surface area (Å²) in [6.45, 7) is 0. The van der Waals surface area contributed by atoms with E-state index in [0.29, 0.717) is 0 Å². The van der Waals surface area contributed by atoms with E-state index >= 15 is 4.57 Å². The summed E-state index contributed by atoms with van der Waals surface area (Å²) in [7, 11) is -3.09. The second-order valence-electron chi connectivity index (χ2n) is 12.0. The molecule has 0 aliphatic carbocycles. The minimum absolute atomic E-state index is 0.796. The van der Waals surface area contributed by atoms with Gasteiger partial charge in [0.15, 0.2) is 7.14 Å². The highest BCUT2D eigenvalue weighted by Crippen LogP contribution is 2.43. The third-order valence-corrected chi connectivity index (χ3v) is 12.3. The lowest BCUT2D eigenvalue weighted by molar-refractivity contribution is 0.592. The lowest BCUT2D eigenvalue weighted by Gasteiger charge is -2.20. The quantitative estimate of drug-likeness (QED) is 0.171. The summed E-state index contributed by atoms with van der Waals surface area (Å²) >= 11 is 0. The number of rotatable bonds is 6. The van der Waals surface area contributed by atoms with E-state index in [2.05, 4.69) is 106 Å². The van der Waals surface area contributed by atoms with Crippen molar-refractivity contribution in [3.63, 3.8) is 0 Å². The van der Waals surface area contributed by atoms with E-state index in [1.54, 1.807) is 0 Å². The van der Waals surface area contributed by atoms with Crippen molar-refractivity contribution in [1.82, 2.24) is 14.1 Å². The Morgan fingerprint density at radius 2 is 0.938 bits per heavy atom. The van der Waals surface area contributed by atoms with E-state index in [-0.39, 0.29) is 0 Å². The molecule has 0 aliphatic rings. The van der Waals surface area contributed by atoms with Gasteiger partial charge < -0.3 is 9.13 Å². The van der Waals surface area contributed by atoms with Gasteiger partial charge in [0.25, 0.3) is 0 Å². The van der Waals surface area contributed by atoms with Crippen LogP contribution in [0.25, 0.3) is 55.6 Å². The molecule has 0 fully saturated rings. The van der Waals surface area contributed by atoms with Crippen LogP contribution in [0.4, 0.5) is 0 Å². The molecule has 228 valence electrons. The number of hydrogen-bond donors (Lipinski definition) is 0. The zero-order valence-corrected chi connectivity index (χ0v) is 26.9. The maximum atomic E-state index is 15.0. The van der Waals surface area contributed by atoms with Gasteiger partial charge in [-0.05, 0) is 72.8 Å². The lowest BCUT2D eigenvalue weighted by Crippen LogP contribution is -2.25. The highest BCUT2D eigenvalue weighted by molar-refractivity contribution is 7.85. The molecule has 2 aromatic heterocycles. The van der Waals surface area contributed by atoms with Crippen LogP contribution in [0.2, 0.25) is 0 Å². The van der Waals surface area contributed by atoms with Crippen LogP contribution in [0, 0.1) is 0 Å². The maximum Gasteiger partial charge on any atom is 0.171 e. The van der Waals surface area contributed by atoms with Gasteiger partial charge in [0, 0.05) is 43.6 Å². The molecule has 0 aliphatic heterocycles. The van der Waals surface area contributed by atoms with Gasteiger partial charge in [-0.2, -0.15) is 0 Å². The van der Waals surface area contributed by atoms with E-state index < -0.39 is 7.14 Å². The summed E-state index contributed by atoms with van der Waals surface area (Å²) in [4.78, 5) is 5.18. The molecule has 5 heteroatoms. The normalized spacial score (nSPS) is 11.8. The molecule has 0 saturated carbocycles. The molecular weight excluding hydrogens is 605 g/mol. The van der Waals surface area contributed by atoms with Crippen molar-refractivity contribution < 1.29 is 4.57 Å². The smallest absolute Gasteiger partial charge is 0.171 e. The minimum atomic E-state index is -3.09. The van der Waals surface area contributed by atoms with Gasteiger partial charge in [0.1, 0.15) is 5.82 Å². The van der Waals surface area contributed by atoms with Crippen LogP contribution in [0.5, 0.6) is 0 Å². The van der Waals surface area contributed by atoms with Gasteiger partial charge in [-0.25, -0.2) is 4.98 Å². The average Bonchev–Trinajstić information content (AvgIpc) is 3.72. The Hall–Kier alpha value is -5.96. The Morgan fingerprint density at radius 3 is 1.62 bits per heavy atom. The first kappa shape index (κ1) is 28.3. The zero-order valence-electron chi connectivity index (χ0n) is 26.0. The minimum Gasteiger partial charge on any atom is -0.309 e. The van der Waals surface area contributed by atoms with Gasteiger partial charge in [0.05, 0.1) is 22.1 Å². The van der Waals surface area contributed by atoms with Crippen LogP contribution >= 0.6 is 7.14 Å². The van der Waals surface area contributed by atoms with Gasteiger partial charge >= 0.3 is 0 Å². The zero-order chi connectivity index (χ0) is 32.1. The standard InChI is InChI=1S/C43H30N3OP/c47-48(34-16-6-2-7-17-34,35-18-8-3-9-19-35)36-27-25-33(26-28-36)46-42-23-13-11-21-39(42)44-43(46)31-24-29-41-38(30-31)37-20-10-12-22-40(37)45(41)32-14-4-1-5-15-32/h1-30H. The first-order chi connectivity index (χ1) is 23.7. The Kier molecular flexibility index (Phi) is 6.70. The first-order valence-corrected chi connectivity index (χ1v) is 17.8. The number of aromatic nitrogens is 3. The van der Waals surface area contributed by atoms with Crippen LogP contribution in [0.3, 0.4) is 0 Å². The van der Waals surface area contributed by atoms with Crippen LogP contribution in [0.15, 0.2) is 182 Å². The number of benzene rings is 7. The number of nitrogens with zero attached hydrogens (tertiary/aromatic N) is 3. The molecule has 9 rings (SSSR count). The van der Waals surface area contributed by atoms with Crippen LogP contribution in [-0.4, -0.2) is 14.1 Å². The van der Waals surface area contributed by atoms with E-state index in [1.807, 2.05) is 84.9 Å². The summed E-state index contributed by atoms with van der Waals surface area (Å²) < 4.78 is 19.6. The van der Waals surface area contributed by atoms with Crippen LogP contribution < -0.4 is 15.9 Å². The topological polar surface area (TPSA) is 39.8 Å². The van der Waals surface area contributed by atoms with Gasteiger partial charge in [0.2, 0.25) is 0 Å². The van der Waals surface area contributed by atoms with E-state index in [9.17, 15) is 0 Å². The molecule has 0 bridgehead atoms. The summed E-state index contributed by atoms with van der Waals surface area (Å²) in [5, 5.41) is 4.81. The van der Waals surface area contributed by atoms with Gasteiger partial charge in [-0.3, -0.25) is 4.57 Å². The second-order valence-corrected chi connectivity index (χ2v) is 14.7. The molecule has 0 spiro atoms. The number of hydrogen-bond acceptors (Lipinski definition) is 2. The predicted molar refractivity (Wildman–Crippen MR) is 200 cm³/mol. The van der Waals surface area contributed by atoms with E-state index in [4.69, 9.17) is 4.98 Å². The molecule has 0 amide bonds. The molecule has 7 aromatic carbocycles. The molecule has 4 nitrogen and oxygen atoms in total. The highest BCUT2D eigenvalue weighted by atomic mass is 31.2. The van der Waals surface area contributed by atoms with Crippen molar-refractivity contribution in [3.05, 3.63) is 182 Å².